The quantitative estimate of drug-likeness (QED) is 0.769. The van der Waals surface area contributed by atoms with Crippen LogP contribution in [-0.2, 0) is 16.1 Å². The second-order valence-corrected chi connectivity index (χ2v) is 6.92. The van der Waals surface area contributed by atoms with Gasteiger partial charge in [0.2, 0.25) is 5.91 Å². The van der Waals surface area contributed by atoms with Gasteiger partial charge in [0.1, 0.15) is 5.82 Å². The predicted octanol–water partition coefficient (Wildman–Crippen LogP) is 3.85. The summed E-state index contributed by atoms with van der Waals surface area (Å²) in [4.78, 5) is 27.0. The van der Waals surface area contributed by atoms with Crippen LogP contribution in [0.25, 0.3) is 0 Å². The number of piperidine rings is 1. The molecule has 148 valence electrons. The van der Waals surface area contributed by atoms with Crippen molar-refractivity contribution < 1.29 is 18.7 Å². The molecule has 5 nitrogen and oxygen atoms in total. The Morgan fingerprint density at radius 2 is 1.93 bits per heavy atom. The van der Waals surface area contributed by atoms with E-state index in [4.69, 9.17) is 4.74 Å². The minimum atomic E-state index is -0.455. The first kappa shape index (κ1) is 20.0. The molecule has 0 aromatic heterocycles. The van der Waals surface area contributed by atoms with Crippen LogP contribution in [0.4, 0.5) is 10.1 Å². The summed E-state index contributed by atoms with van der Waals surface area (Å²) in [6.07, 6.45) is 1.63. The van der Waals surface area contributed by atoms with Crippen LogP contribution in [0.1, 0.15) is 35.7 Å². The molecule has 2 aromatic rings. The maximum atomic E-state index is 13.9. The summed E-state index contributed by atoms with van der Waals surface area (Å²) in [6.45, 7) is 3.88. The Kier molecular flexibility index (Phi) is 6.76. The predicted molar refractivity (Wildman–Crippen MR) is 105 cm³/mol. The number of ether oxygens (including phenoxy) is 1. The minimum Gasteiger partial charge on any atom is -0.462 e. The number of carbonyl (C=O) groups excluding carboxylic acids is 2. The van der Waals surface area contributed by atoms with Crippen molar-refractivity contribution in [2.24, 2.45) is 5.92 Å². The lowest BCUT2D eigenvalue weighted by atomic mass is 9.96. The number of amides is 1. The third-order valence-corrected chi connectivity index (χ3v) is 4.91. The van der Waals surface area contributed by atoms with Gasteiger partial charge in [-0.15, -0.1) is 0 Å². The number of benzene rings is 2. The summed E-state index contributed by atoms with van der Waals surface area (Å²) < 4.78 is 19.0. The van der Waals surface area contributed by atoms with Gasteiger partial charge in [-0.05, 0) is 44.5 Å². The van der Waals surface area contributed by atoms with Gasteiger partial charge in [0.15, 0.2) is 0 Å². The van der Waals surface area contributed by atoms with Crippen molar-refractivity contribution in [3.05, 3.63) is 65.5 Å². The number of esters is 1. The lowest BCUT2D eigenvalue weighted by Crippen LogP contribution is -2.40. The highest BCUT2D eigenvalue weighted by Gasteiger charge is 2.27. The van der Waals surface area contributed by atoms with Crippen molar-refractivity contribution in [2.45, 2.75) is 26.3 Å². The van der Waals surface area contributed by atoms with Gasteiger partial charge in [-0.1, -0.05) is 30.3 Å². The lowest BCUT2D eigenvalue weighted by molar-refractivity contribution is -0.121. The fourth-order valence-electron chi connectivity index (χ4n) is 3.49. The number of carbonyl (C=O) groups is 2. The lowest BCUT2D eigenvalue weighted by Gasteiger charge is -2.32. The molecule has 1 atom stereocenters. The summed E-state index contributed by atoms with van der Waals surface area (Å²) in [5.41, 5.74) is 1.44. The third-order valence-electron chi connectivity index (χ3n) is 4.91. The van der Waals surface area contributed by atoms with Gasteiger partial charge in [0, 0.05) is 18.7 Å². The van der Waals surface area contributed by atoms with E-state index in [2.05, 4.69) is 10.2 Å². The molecule has 1 fully saturated rings. The zero-order valence-corrected chi connectivity index (χ0v) is 16.0. The molecule has 1 unspecified atom stereocenters. The Bertz CT molecular complexity index is 840. The van der Waals surface area contributed by atoms with E-state index in [1.54, 1.807) is 43.3 Å². The Morgan fingerprint density at radius 1 is 1.18 bits per heavy atom. The molecule has 0 spiro atoms. The molecule has 3 rings (SSSR count). The SMILES string of the molecule is CCOC(=O)c1ccccc1NC(=O)C1CCCN(Cc2ccccc2F)C1. The van der Waals surface area contributed by atoms with Gasteiger partial charge in [-0.25, -0.2) is 9.18 Å². The summed E-state index contributed by atoms with van der Waals surface area (Å²) in [5.74, 6) is -1.02. The standard InChI is InChI=1S/C22H25FN2O3/c1-2-28-22(27)18-10-4-6-12-20(18)24-21(26)17-9-7-13-25(15-17)14-16-8-3-5-11-19(16)23/h3-6,8,10-12,17H,2,7,9,13-15H2,1H3,(H,24,26). The normalized spacial score (nSPS) is 17.1. The zero-order valence-electron chi connectivity index (χ0n) is 16.0. The van der Waals surface area contributed by atoms with Crippen LogP contribution in [0, 0.1) is 11.7 Å². The van der Waals surface area contributed by atoms with Crippen LogP contribution in [0.5, 0.6) is 0 Å². The van der Waals surface area contributed by atoms with Crippen LogP contribution in [-0.4, -0.2) is 36.5 Å². The van der Waals surface area contributed by atoms with Crippen LogP contribution >= 0.6 is 0 Å². The molecule has 0 radical (unpaired) electrons. The first-order valence-corrected chi connectivity index (χ1v) is 9.61. The fourth-order valence-corrected chi connectivity index (χ4v) is 3.49. The molecular formula is C22H25FN2O3. The number of nitrogens with zero attached hydrogens (tertiary/aromatic N) is 1. The van der Waals surface area contributed by atoms with Crippen molar-refractivity contribution in [2.75, 3.05) is 25.0 Å². The van der Waals surface area contributed by atoms with Crippen molar-refractivity contribution in [1.29, 1.82) is 0 Å². The molecular weight excluding hydrogens is 359 g/mol. The molecule has 0 aliphatic carbocycles. The van der Waals surface area contributed by atoms with E-state index >= 15 is 0 Å². The van der Waals surface area contributed by atoms with E-state index in [-0.39, 0.29) is 24.2 Å². The molecule has 6 heteroatoms. The summed E-state index contributed by atoms with van der Waals surface area (Å²) in [6, 6.07) is 13.6. The number of para-hydroxylation sites is 1. The van der Waals surface area contributed by atoms with E-state index in [0.29, 0.717) is 29.9 Å². The van der Waals surface area contributed by atoms with Crippen molar-refractivity contribution >= 4 is 17.6 Å². The van der Waals surface area contributed by atoms with Crippen LogP contribution in [0.3, 0.4) is 0 Å². The molecule has 1 N–H and O–H groups in total. The summed E-state index contributed by atoms with van der Waals surface area (Å²) in [7, 11) is 0. The molecule has 1 aliphatic heterocycles. The maximum Gasteiger partial charge on any atom is 0.340 e. The van der Waals surface area contributed by atoms with Gasteiger partial charge in [0.25, 0.3) is 0 Å². The number of hydrogen-bond donors (Lipinski definition) is 1. The molecule has 28 heavy (non-hydrogen) atoms. The highest BCUT2D eigenvalue weighted by atomic mass is 19.1. The Morgan fingerprint density at radius 3 is 2.71 bits per heavy atom. The largest absolute Gasteiger partial charge is 0.462 e. The Hall–Kier alpha value is -2.73. The van der Waals surface area contributed by atoms with Crippen LogP contribution in [0.2, 0.25) is 0 Å². The van der Waals surface area contributed by atoms with Gasteiger partial charge in [-0.2, -0.15) is 0 Å². The average molecular weight is 384 g/mol. The topological polar surface area (TPSA) is 58.6 Å². The average Bonchev–Trinajstić information content (AvgIpc) is 2.70. The summed E-state index contributed by atoms with van der Waals surface area (Å²) >= 11 is 0. The molecule has 1 heterocycles. The first-order chi connectivity index (χ1) is 13.6. The summed E-state index contributed by atoms with van der Waals surface area (Å²) in [5, 5.41) is 2.87. The number of anilines is 1. The Balaban J connectivity index is 1.65. The van der Waals surface area contributed by atoms with Gasteiger partial charge < -0.3 is 10.1 Å². The smallest absolute Gasteiger partial charge is 0.340 e. The van der Waals surface area contributed by atoms with E-state index in [0.717, 1.165) is 19.4 Å². The monoisotopic (exact) mass is 384 g/mol. The number of likely N-dealkylation sites (tertiary alicyclic amines) is 1. The molecule has 2 aromatic carbocycles. The second kappa shape index (κ2) is 9.46. The second-order valence-electron chi connectivity index (χ2n) is 6.92. The van der Waals surface area contributed by atoms with Gasteiger partial charge >= 0.3 is 5.97 Å². The van der Waals surface area contributed by atoms with Crippen molar-refractivity contribution in [1.82, 2.24) is 4.90 Å². The number of hydrogen-bond acceptors (Lipinski definition) is 4. The highest BCUT2D eigenvalue weighted by Crippen LogP contribution is 2.23. The fraction of sp³-hybridized carbons (Fsp3) is 0.364. The van der Waals surface area contributed by atoms with Gasteiger partial charge in [0.05, 0.1) is 23.8 Å². The number of nitrogens with one attached hydrogen (secondary N) is 1. The van der Waals surface area contributed by atoms with Gasteiger partial charge in [-0.3, -0.25) is 9.69 Å². The van der Waals surface area contributed by atoms with Crippen LogP contribution < -0.4 is 5.32 Å². The molecule has 1 aliphatic rings. The highest BCUT2D eigenvalue weighted by molar-refractivity contribution is 6.01. The zero-order chi connectivity index (χ0) is 19.9. The van der Waals surface area contributed by atoms with E-state index in [1.807, 2.05) is 6.07 Å². The van der Waals surface area contributed by atoms with E-state index < -0.39 is 5.97 Å². The maximum absolute atomic E-state index is 13.9. The van der Waals surface area contributed by atoms with Crippen molar-refractivity contribution in [3.8, 4) is 0 Å². The third kappa shape index (κ3) is 4.95. The number of halogens is 1. The first-order valence-electron chi connectivity index (χ1n) is 9.61. The number of rotatable bonds is 6. The van der Waals surface area contributed by atoms with E-state index in [9.17, 15) is 14.0 Å². The molecule has 1 saturated heterocycles. The molecule has 1 amide bonds. The van der Waals surface area contributed by atoms with Crippen molar-refractivity contribution in [3.63, 3.8) is 0 Å². The minimum absolute atomic E-state index is 0.130. The molecule has 0 bridgehead atoms. The van der Waals surface area contributed by atoms with Crippen LogP contribution in [0.15, 0.2) is 48.5 Å². The molecule has 0 saturated carbocycles. The Labute approximate surface area is 164 Å². The van der Waals surface area contributed by atoms with E-state index in [1.165, 1.54) is 6.07 Å².